The highest BCUT2D eigenvalue weighted by Crippen LogP contribution is 2.35. The minimum atomic E-state index is -0.846. The van der Waals surface area contributed by atoms with Crippen molar-refractivity contribution in [3.63, 3.8) is 0 Å². The van der Waals surface area contributed by atoms with Crippen molar-refractivity contribution >= 4 is 34.8 Å². The summed E-state index contributed by atoms with van der Waals surface area (Å²) in [7, 11) is 0. The lowest BCUT2D eigenvalue weighted by atomic mass is 9.97. The summed E-state index contributed by atoms with van der Waals surface area (Å²) in [6.07, 6.45) is 2.76. The van der Waals surface area contributed by atoms with Crippen molar-refractivity contribution < 1.29 is 5.11 Å². The molecule has 2 aromatic carbocycles. The van der Waals surface area contributed by atoms with Gasteiger partial charge in [0.2, 0.25) is 0 Å². The van der Waals surface area contributed by atoms with Crippen LogP contribution in [0.2, 0.25) is 15.1 Å². The zero-order chi connectivity index (χ0) is 15.7. The van der Waals surface area contributed by atoms with Crippen molar-refractivity contribution in [2.45, 2.75) is 6.10 Å². The first kappa shape index (κ1) is 15.4. The molecular formula is C17H12Cl3NO. The number of aliphatic hydroxyl groups is 1. The van der Waals surface area contributed by atoms with Gasteiger partial charge in [0.1, 0.15) is 6.10 Å². The fourth-order valence-electron chi connectivity index (χ4n) is 2.37. The standard InChI is InChI=1S/C17H12Cl3NO/c18-11-3-1-10(2-4-11)14-8-21-9-15(14)17(22)13-6-5-12(19)7-16(13)20/h1-9,17,21-22H. The van der Waals surface area contributed by atoms with Crippen LogP contribution in [0.25, 0.3) is 11.1 Å². The molecule has 5 heteroatoms. The number of hydrogen-bond donors (Lipinski definition) is 2. The fourth-order valence-corrected chi connectivity index (χ4v) is 3.01. The monoisotopic (exact) mass is 351 g/mol. The molecule has 1 heterocycles. The average molecular weight is 353 g/mol. The minimum absolute atomic E-state index is 0.434. The molecule has 0 saturated carbocycles. The average Bonchev–Trinajstić information content (AvgIpc) is 2.97. The van der Waals surface area contributed by atoms with Gasteiger partial charge in [0.15, 0.2) is 0 Å². The van der Waals surface area contributed by atoms with Crippen molar-refractivity contribution in [3.8, 4) is 11.1 Å². The Hall–Kier alpha value is -1.45. The molecular weight excluding hydrogens is 341 g/mol. The fraction of sp³-hybridized carbons (Fsp3) is 0.0588. The molecule has 3 aromatic rings. The van der Waals surface area contributed by atoms with Crippen LogP contribution in [0.4, 0.5) is 0 Å². The van der Waals surface area contributed by atoms with E-state index in [0.717, 1.165) is 16.7 Å². The van der Waals surface area contributed by atoms with E-state index in [0.29, 0.717) is 20.6 Å². The molecule has 0 aliphatic carbocycles. The Bertz CT molecular complexity index is 796. The van der Waals surface area contributed by atoms with Gasteiger partial charge in [-0.25, -0.2) is 0 Å². The van der Waals surface area contributed by atoms with Gasteiger partial charge >= 0.3 is 0 Å². The zero-order valence-electron chi connectivity index (χ0n) is 11.4. The SMILES string of the molecule is OC(c1ccc(Cl)cc1Cl)c1c[nH]cc1-c1ccc(Cl)cc1. The third kappa shape index (κ3) is 3.01. The predicted molar refractivity (Wildman–Crippen MR) is 91.8 cm³/mol. The quantitative estimate of drug-likeness (QED) is 0.621. The van der Waals surface area contributed by atoms with E-state index in [4.69, 9.17) is 34.8 Å². The van der Waals surface area contributed by atoms with Gasteiger partial charge in [0.25, 0.3) is 0 Å². The van der Waals surface area contributed by atoms with Gasteiger partial charge in [0, 0.05) is 44.2 Å². The van der Waals surface area contributed by atoms with Crippen molar-refractivity contribution in [2.75, 3.05) is 0 Å². The van der Waals surface area contributed by atoms with Crippen LogP contribution in [0, 0.1) is 0 Å². The van der Waals surface area contributed by atoms with Gasteiger partial charge < -0.3 is 10.1 Å². The third-order valence-electron chi connectivity index (χ3n) is 3.48. The van der Waals surface area contributed by atoms with Crippen molar-refractivity contribution in [3.05, 3.63) is 81.1 Å². The Balaban J connectivity index is 2.02. The van der Waals surface area contributed by atoms with Crippen LogP contribution in [-0.2, 0) is 0 Å². The number of aromatic amines is 1. The van der Waals surface area contributed by atoms with Gasteiger partial charge in [-0.1, -0.05) is 53.0 Å². The van der Waals surface area contributed by atoms with E-state index in [1.807, 2.05) is 30.5 Å². The summed E-state index contributed by atoms with van der Waals surface area (Å²) in [6.45, 7) is 0. The minimum Gasteiger partial charge on any atom is -0.384 e. The lowest BCUT2D eigenvalue weighted by Crippen LogP contribution is -2.00. The largest absolute Gasteiger partial charge is 0.384 e. The summed E-state index contributed by atoms with van der Waals surface area (Å²) >= 11 is 18.0. The molecule has 0 spiro atoms. The molecule has 112 valence electrons. The molecule has 0 aliphatic heterocycles. The first-order valence-corrected chi connectivity index (χ1v) is 7.75. The molecule has 1 atom stereocenters. The van der Waals surface area contributed by atoms with Crippen LogP contribution in [0.15, 0.2) is 54.9 Å². The van der Waals surface area contributed by atoms with Gasteiger partial charge in [-0.3, -0.25) is 0 Å². The Morgan fingerprint density at radius 2 is 1.50 bits per heavy atom. The molecule has 3 rings (SSSR count). The maximum atomic E-state index is 10.7. The Morgan fingerprint density at radius 1 is 0.818 bits per heavy atom. The lowest BCUT2D eigenvalue weighted by Gasteiger charge is -2.14. The second kappa shape index (κ2) is 6.35. The molecule has 0 radical (unpaired) electrons. The summed E-state index contributed by atoms with van der Waals surface area (Å²) < 4.78 is 0. The number of hydrogen-bond acceptors (Lipinski definition) is 1. The van der Waals surface area contributed by atoms with Crippen molar-refractivity contribution in [1.82, 2.24) is 4.98 Å². The molecule has 2 nitrogen and oxygen atoms in total. The van der Waals surface area contributed by atoms with Crippen molar-refractivity contribution in [2.24, 2.45) is 0 Å². The van der Waals surface area contributed by atoms with Crippen molar-refractivity contribution in [1.29, 1.82) is 0 Å². The summed E-state index contributed by atoms with van der Waals surface area (Å²) in [5.74, 6) is 0. The molecule has 0 amide bonds. The van der Waals surface area contributed by atoms with E-state index in [1.54, 1.807) is 24.4 Å². The Kier molecular flexibility index (Phi) is 4.46. The van der Waals surface area contributed by atoms with Crippen LogP contribution in [-0.4, -0.2) is 10.1 Å². The first-order chi connectivity index (χ1) is 10.6. The van der Waals surface area contributed by atoms with E-state index in [-0.39, 0.29) is 0 Å². The molecule has 1 unspecified atom stereocenters. The van der Waals surface area contributed by atoms with E-state index in [9.17, 15) is 5.11 Å². The van der Waals surface area contributed by atoms with Crippen LogP contribution in [0.1, 0.15) is 17.2 Å². The highest BCUT2D eigenvalue weighted by Gasteiger charge is 2.19. The van der Waals surface area contributed by atoms with E-state index < -0.39 is 6.10 Å². The number of rotatable bonds is 3. The highest BCUT2D eigenvalue weighted by atomic mass is 35.5. The number of halogens is 3. The summed E-state index contributed by atoms with van der Waals surface area (Å²) in [4.78, 5) is 3.03. The first-order valence-electron chi connectivity index (χ1n) is 6.62. The van der Waals surface area contributed by atoms with Gasteiger partial charge in [0.05, 0.1) is 0 Å². The zero-order valence-corrected chi connectivity index (χ0v) is 13.6. The molecule has 0 bridgehead atoms. The molecule has 0 saturated heterocycles. The number of aliphatic hydroxyl groups excluding tert-OH is 1. The third-order valence-corrected chi connectivity index (χ3v) is 4.30. The second-order valence-corrected chi connectivity index (χ2v) is 6.18. The normalized spacial score (nSPS) is 12.4. The number of nitrogens with one attached hydrogen (secondary N) is 1. The van der Waals surface area contributed by atoms with Crippen LogP contribution in [0.3, 0.4) is 0 Å². The van der Waals surface area contributed by atoms with Gasteiger partial charge in [-0.15, -0.1) is 0 Å². The summed E-state index contributed by atoms with van der Waals surface area (Å²) in [6, 6.07) is 12.5. The highest BCUT2D eigenvalue weighted by molar-refractivity contribution is 6.35. The molecule has 0 aliphatic rings. The lowest BCUT2D eigenvalue weighted by molar-refractivity contribution is 0.221. The van der Waals surface area contributed by atoms with Crippen LogP contribution in [0.5, 0.6) is 0 Å². The Labute approximate surface area is 143 Å². The predicted octanol–water partition coefficient (Wildman–Crippen LogP) is 5.72. The van der Waals surface area contributed by atoms with Gasteiger partial charge in [-0.05, 0) is 29.8 Å². The number of H-pyrrole nitrogens is 1. The molecule has 0 fully saturated rings. The topological polar surface area (TPSA) is 36.0 Å². The van der Waals surface area contributed by atoms with Crippen LogP contribution < -0.4 is 0 Å². The molecule has 2 N–H and O–H groups in total. The number of aromatic nitrogens is 1. The maximum Gasteiger partial charge on any atom is 0.108 e. The number of benzene rings is 2. The Morgan fingerprint density at radius 3 is 2.18 bits per heavy atom. The summed E-state index contributed by atoms with van der Waals surface area (Å²) in [5, 5.41) is 12.3. The van der Waals surface area contributed by atoms with Crippen LogP contribution >= 0.6 is 34.8 Å². The van der Waals surface area contributed by atoms with E-state index in [1.165, 1.54) is 0 Å². The second-order valence-electron chi connectivity index (χ2n) is 4.90. The van der Waals surface area contributed by atoms with E-state index >= 15 is 0 Å². The van der Waals surface area contributed by atoms with E-state index in [2.05, 4.69) is 4.98 Å². The summed E-state index contributed by atoms with van der Waals surface area (Å²) in [5.41, 5.74) is 3.22. The van der Waals surface area contributed by atoms with Gasteiger partial charge in [-0.2, -0.15) is 0 Å². The molecule has 22 heavy (non-hydrogen) atoms. The smallest absolute Gasteiger partial charge is 0.108 e. The molecule has 1 aromatic heterocycles. The maximum absolute atomic E-state index is 10.7.